The van der Waals surface area contributed by atoms with E-state index in [1.54, 1.807) is 0 Å². The van der Waals surface area contributed by atoms with Crippen LogP contribution in [-0.4, -0.2) is 40.5 Å². The van der Waals surface area contributed by atoms with Crippen molar-refractivity contribution in [2.45, 2.75) is 32.9 Å². The summed E-state index contributed by atoms with van der Waals surface area (Å²) < 4.78 is 1.98. The van der Waals surface area contributed by atoms with Crippen LogP contribution >= 0.6 is 0 Å². The fourth-order valence-electron chi connectivity index (χ4n) is 1.63. The minimum atomic E-state index is 0.483. The second kappa shape index (κ2) is 5.82. The van der Waals surface area contributed by atoms with Gasteiger partial charge in [-0.05, 0) is 33.5 Å². The van der Waals surface area contributed by atoms with E-state index in [1.807, 2.05) is 4.68 Å². The lowest BCUT2D eigenvalue weighted by Crippen LogP contribution is -2.16. The molecule has 0 saturated carbocycles. The average molecular weight is 211 g/mol. The average Bonchev–Trinajstić information content (AvgIpc) is 2.59. The zero-order valence-corrected chi connectivity index (χ0v) is 9.90. The number of hydrogen-bond donors (Lipinski definition) is 1. The van der Waals surface area contributed by atoms with E-state index in [0.717, 1.165) is 31.6 Å². The molecule has 5 heteroatoms. The van der Waals surface area contributed by atoms with Gasteiger partial charge in [0.2, 0.25) is 0 Å². The summed E-state index contributed by atoms with van der Waals surface area (Å²) in [7, 11) is 4.15. The predicted octanol–water partition coefficient (Wildman–Crippen LogP) is 0.251. The molecule has 0 bridgehead atoms. The summed E-state index contributed by atoms with van der Waals surface area (Å²) in [5.41, 5.74) is 7.70. The lowest BCUT2D eigenvalue weighted by Gasteiger charge is -2.10. The van der Waals surface area contributed by atoms with E-state index in [-0.39, 0.29) is 0 Å². The molecule has 0 aromatic carbocycles. The molecule has 0 radical (unpaired) electrons. The smallest absolute Gasteiger partial charge is 0.0994 e. The predicted molar refractivity (Wildman–Crippen MR) is 60.5 cm³/mol. The van der Waals surface area contributed by atoms with Crippen LogP contribution in [0.3, 0.4) is 0 Å². The fourth-order valence-corrected chi connectivity index (χ4v) is 1.63. The lowest BCUT2D eigenvalue weighted by molar-refractivity contribution is 0.377. The first-order valence-corrected chi connectivity index (χ1v) is 5.45. The van der Waals surface area contributed by atoms with E-state index >= 15 is 0 Å². The van der Waals surface area contributed by atoms with Crippen LogP contribution in [0.4, 0.5) is 0 Å². The molecule has 86 valence electrons. The topological polar surface area (TPSA) is 60.0 Å². The van der Waals surface area contributed by atoms with Gasteiger partial charge in [0.25, 0.3) is 0 Å². The fraction of sp³-hybridized carbons (Fsp3) is 0.800. The van der Waals surface area contributed by atoms with Crippen molar-refractivity contribution in [1.82, 2.24) is 19.9 Å². The first-order valence-electron chi connectivity index (χ1n) is 5.45. The van der Waals surface area contributed by atoms with Crippen molar-refractivity contribution >= 4 is 0 Å². The molecule has 0 fully saturated rings. The summed E-state index contributed by atoms with van der Waals surface area (Å²) in [5, 5.41) is 8.20. The maximum atomic E-state index is 5.59. The van der Waals surface area contributed by atoms with Crippen LogP contribution in [0.15, 0.2) is 0 Å². The largest absolute Gasteiger partial charge is 0.325 e. The van der Waals surface area contributed by atoms with Crippen molar-refractivity contribution in [2.24, 2.45) is 5.73 Å². The molecule has 0 aliphatic rings. The van der Waals surface area contributed by atoms with E-state index in [4.69, 9.17) is 5.73 Å². The van der Waals surface area contributed by atoms with Gasteiger partial charge in [0, 0.05) is 13.1 Å². The van der Waals surface area contributed by atoms with Crippen molar-refractivity contribution in [3.63, 3.8) is 0 Å². The molecule has 0 spiro atoms. The van der Waals surface area contributed by atoms with E-state index < -0.39 is 0 Å². The Morgan fingerprint density at radius 3 is 2.67 bits per heavy atom. The quantitative estimate of drug-likeness (QED) is 0.733. The normalized spacial score (nSPS) is 11.3. The highest BCUT2D eigenvalue weighted by Crippen LogP contribution is 2.06. The van der Waals surface area contributed by atoms with Crippen molar-refractivity contribution in [2.75, 3.05) is 20.6 Å². The molecule has 1 heterocycles. The molecular weight excluding hydrogens is 190 g/mol. The van der Waals surface area contributed by atoms with Gasteiger partial charge in [-0.25, -0.2) is 4.68 Å². The molecule has 15 heavy (non-hydrogen) atoms. The Kier molecular flexibility index (Phi) is 4.71. The summed E-state index contributed by atoms with van der Waals surface area (Å²) >= 11 is 0. The Bertz CT molecular complexity index is 292. The Hall–Kier alpha value is -0.940. The highest BCUT2D eigenvalue weighted by atomic mass is 15.4. The Labute approximate surface area is 91.2 Å². The van der Waals surface area contributed by atoms with Crippen LogP contribution in [0.1, 0.15) is 24.7 Å². The Balaban J connectivity index is 2.56. The second-order valence-corrected chi connectivity index (χ2v) is 3.92. The molecule has 1 rings (SSSR count). The van der Waals surface area contributed by atoms with Gasteiger partial charge >= 0.3 is 0 Å². The van der Waals surface area contributed by atoms with E-state index in [9.17, 15) is 0 Å². The van der Waals surface area contributed by atoms with Gasteiger partial charge in [0.15, 0.2) is 0 Å². The molecule has 1 aromatic rings. The molecule has 5 nitrogen and oxygen atoms in total. The third-order valence-electron chi connectivity index (χ3n) is 2.42. The number of nitrogens with zero attached hydrogens (tertiary/aromatic N) is 4. The standard InChI is InChI=1S/C10H21N5/c1-4-10-9(8-11)12-13-15(10)7-5-6-14(2)3/h4-8,11H2,1-3H3. The first kappa shape index (κ1) is 12.1. The van der Waals surface area contributed by atoms with Crippen LogP contribution in [0.5, 0.6) is 0 Å². The number of nitrogens with two attached hydrogens (primary N) is 1. The van der Waals surface area contributed by atoms with E-state index in [2.05, 4.69) is 36.2 Å². The molecule has 0 saturated heterocycles. The molecular formula is C10H21N5. The van der Waals surface area contributed by atoms with Gasteiger partial charge in [0.05, 0.1) is 11.4 Å². The second-order valence-electron chi connectivity index (χ2n) is 3.92. The van der Waals surface area contributed by atoms with Crippen LogP contribution in [-0.2, 0) is 19.5 Å². The Morgan fingerprint density at radius 1 is 1.40 bits per heavy atom. The van der Waals surface area contributed by atoms with Crippen molar-refractivity contribution < 1.29 is 0 Å². The highest BCUT2D eigenvalue weighted by Gasteiger charge is 2.08. The Morgan fingerprint density at radius 2 is 2.13 bits per heavy atom. The van der Waals surface area contributed by atoms with Crippen LogP contribution in [0.25, 0.3) is 0 Å². The zero-order valence-electron chi connectivity index (χ0n) is 9.90. The first-order chi connectivity index (χ1) is 7.19. The molecule has 0 aliphatic heterocycles. The minimum absolute atomic E-state index is 0.483. The molecule has 1 aromatic heterocycles. The van der Waals surface area contributed by atoms with Gasteiger partial charge in [-0.15, -0.1) is 5.10 Å². The molecule has 2 N–H and O–H groups in total. The molecule has 0 unspecified atom stereocenters. The SMILES string of the molecule is CCc1c(CN)nnn1CCCN(C)C. The number of aromatic nitrogens is 3. The summed E-state index contributed by atoms with van der Waals surface area (Å²) in [5.74, 6) is 0. The van der Waals surface area contributed by atoms with Crippen molar-refractivity contribution in [1.29, 1.82) is 0 Å². The summed E-state index contributed by atoms with van der Waals surface area (Å²) in [6.07, 6.45) is 2.04. The number of aryl methyl sites for hydroxylation is 1. The van der Waals surface area contributed by atoms with Gasteiger partial charge in [-0.2, -0.15) is 0 Å². The van der Waals surface area contributed by atoms with E-state index in [0.29, 0.717) is 6.54 Å². The van der Waals surface area contributed by atoms with Crippen molar-refractivity contribution in [3.05, 3.63) is 11.4 Å². The maximum Gasteiger partial charge on any atom is 0.0994 e. The van der Waals surface area contributed by atoms with Gasteiger partial charge in [-0.3, -0.25) is 0 Å². The molecule has 0 amide bonds. The monoisotopic (exact) mass is 211 g/mol. The van der Waals surface area contributed by atoms with Gasteiger partial charge in [-0.1, -0.05) is 12.1 Å². The lowest BCUT2D eigenvalue weighted by atomic mass is 10.2. The number of hydrogen-bond acceptors (Lipinski definition) is 4. The third-order valence-corrected chi connectivity index (χ3v) is 2.42. The minimum Gasteiger partial charge on any atom is -0.325 e. The van der Waals surface area contributed by atoms with Gasteiger partial charge < -0.3 is 10.6 Å². The third kappa shape index (κ3) is 3.28. The summed E-state index contributed by atoms with van der Waals surface area (Å²) in [6.45, 7) is 4.59. The molecule has 0 atom stereocenters. The number of rotatable bonds is 6. The molecule has 0 aliphatic carbocycles. The zero-order chi connectivity index (χ0) is 11.3. The van der Waals surface area contributed by atoms with Gasteiger partial charge in [0.1, 0.15) is 0 Å². The van der Waals surface area contributed by atoms with Crippen LogP contribution in [0.2, 0.25) is 0 Å². The summed E-state index contributed by atoms with van der Waals surface area (Å²) in [6, 6.07) is 0. The maximum absolute atomic E-state index is 5.59. The van der Waals surface area contributed by atoms with Crippen molar-refractivity contribution in [3.8, 4) is 0 Å². The summed E-state index contributed by atoms with van der Waals surface area (Å²) in [4.78, 5) is 2.17. The van der Waals surface area contributed by atoms with Crippen LogP contribution in [0, 0.1) is 0 Å². The van der Waals surface area contributed by atoms with E-state index in [1.165, 1.54) is 5.69 Å². The highest BCUT2D eigenvalue weighted by molar-refractivity contribution is 5.09. The van der Waals surface area contributed by atoms with Crippen LogP contribution < -0.4 is 5.73 Å².